The molecule has 0 fully saturated rings. The van der Waals surface area contributed by atoms with Crippen LogP contribution < -0.4 is 0 Å². The summed E-state index contributed by atoms with van der Waals surface area (Å²) in [5.41, 5.74) is 1.38. The maximum Gasteiger partial charge on any atom is 0.138 e. The minimum absolute atomic E-state index is 0.558. The van der Waals surface area contributed by atoms with Crippen molar-refractivity contribution in [2.75, 3.05) is 5.33 Å². The molecule has 1 heterocycles. The van der Waals surface area contributed by atoms with E-state index in [1.165, 1.54) is 5.56 Å². The maximum atomic E-state index is 4.40. The van der Waals surface area contributed by atoms with Gasteiger partial charge in [-0.05, 0) is 24.3 Å². The Morgan fingerprint density at radius 2 is 2.00 bits per heavy atom. The van der Waals surface area contributed by atoms with E-state index in [0.29, 0.717) is 5.92 Å². The van der Waals surface area contributed by atoms with E-state index in [9.17, 15) is 0 Å². The number of hydrogen-bond donors (Lipinski definition) is 0. The summed E-state index contributed by atoms with van der Waals surface area (Å²) in [6.07, 6.45) is 4.80. The average molecular weight is 322 g/mol. The lowest BCUT2D eigenvalue weighted by Crippen LogP contribution is -2.15. The van der Waals surface area contributed by atoms with E-state index in [1.807, 2.05) is 4.68 Å². The third-order valence-electron chi connectivity index (χ3n) is 3.19. The van der Waals surface area contributed by atoms with Crippen LogP contribution in [0.5, 0.6) is 0 Å². The highest BCUT2D eigenvalue weighted by Gasteiger charge is 2.13. The quantitative estimate of drug-likeness (QED) is 0.731. The minimum atomic E-state index is 0.558. The van der Waals surface area contributed by atoms with Gasteiger partial charge in [0, 0.05) is 18.3 Å². The molecule has 3 nitrogen and oxygen atoms in total. The molecule has 1 aromatic heterocycles. The number of aromatic nitrogens is 3. The molecular weight excluding hydrogens is 302 g/mol. The first-order valence-electron chi connectivity index (χ1n) is 6.80. The number of aryl methyl sites for hydroxylation is 1. The first-order valence-corrected chi connectivity index (χ1v) is 7.92. The van der Waals surface area contributed by atoms with Gasteiger partial charge >= 0.3 is 0 Å². The monoisotopic (exact) mass is 321 g/mol. The number of rotatable bonds is 7. The van der Waals surface area contributed by atoms with Gasteiger partial charge in [-0.1, -0.05) is 53.2 Å². The predicted octanol–water partition coefficient (Wildman–Crippen LogP) is 3.48. The zero-order valence-corrected chi connectivity index (χ0v) is 12.9. The van der Waals surface area contributed by atoms with Crippen molar-refractivity contribution in [1.82, 2.24) is 14.8 Å². The Balaban J connectivity index is 2.00. The van der Waals surface area contributed by atoms with E-state index in [2.05, 4.69) is 63.3 Å². The van der Waals surface area contributed by atoms with Gasteiger partial charge in [0.05, 0.1) is 0 Å². The summed E-state index contributed by atoms with van der Waals surface area (Å²) < 4.78 is 2.03. The zero-order chi connectivity index (χ0) is 13.5. The summed E-state index contributed by atoms with van der Waals surface area (Å²) in [6.45, 7) is 3.12. The van der Waals surface area contributed by atoms with Crippen LogP contribution in [0, 0.1) is 5.92 Å². The SMILES string of the molecule is CCCn1ncnc1CC(CBr)Cc1ccccc1. The van der Waals surface area contributed by atoms with E-state index >= 15 is 0 Å². The molecule has 0 aliphatic rings. The minimum Gasteiger partial charge on any atom is -0.250 e. The van der Waals surface area contributed by atoms with Crippen LogP contribution in [-0.2, 0) is 19.4 Å². The Bertz CT molecular complexity index is 481. The van der Waals surface area contributed by atoms with Crippen molar-refractivity contribution < 1.29 is 0 Å². The second-order valence-electron chi connectivity index (χ2n) is 4.81. The van der Waals surface area contributed by atoms with Crippen LogP contribution >= 0.6 is 15.9 Å². The van der Waals surface area contributed by atoms with Gasteiger partial charge in [-0.15, -0.1) is 0 Å². The Morgan fingerprint density at radius 3 is 2.68 bits per heavy atom. The molecule has 0 saturated carbocycles. The van der Waals surface area contributed by atoms with Gasteiger partial charge in [-0.2, -0.15) is 5.10 Å². The zero-order valence-electron chi connectivity index (χ0n) is 11.3. The number of halogens is 1. The molecule has 0 spiro atoms. The molecule has 0 N–H and O–H groups in total. The second kappa shape index (κ2) is 7.43. The Kier molecular flexibility index (Phi) is 5.58. The first kappa shape index (κ1) is 14.3. The Labute approximate surface area is 123 Å². The summed E-state index contributed by atoms with van der Waals surface area (Å²) in [4.78, 5) is 4.40. The van der Waals surface area contributed by atoms with Gasteiger partial charge in [0.25, 0.3) is 0 Å². The molecule has 1 aromatic carbocycles. The van der Waals surface area contributed by atoms with Crippen LogP contribution in [0.3, 0.4) is 0 Å². The highest BCUT2D eigenvalue weighted by Crippen LogP contribution is 2.16. The molecule has 0 aliphatic heterocycles. The Hall–Kier alpha value is -1.16. The largest absolute Gasteiger partial charge is 0.250 e. The van der Waals surface area contributed by atoms with Crippen molar-refractivity contribution in [1.29, 1.82) is 0 Å². The third-order valence-corrected chi connectivity index (χ3v) is 4.10. The molecule has 2 rings (SSSR count). The molecule has 2 aromatic rings. The molecule has 4 heteroatoms. The number of benzene rings is 1. The normalized spacial score (nSPS) is 12.5. The van der Waals surface area contributed by atoms with Gasteiger partial charge in [-0.3, -0.25) is 4.68 Å². The summed E-state index contributed by atoms with van der Waals surface area (Å²) in [5.74, 6) is 1.66. The molecule has 19 heavy (non-hydrogen) atoms. The molecule has 1 atom stereocenters. The van der Waals surface area contributed by atoms with Gasteiger partial charge < -0.3 is 0 Å². The average Bonchev–Trinajstić information content (AvgIpc) is 2.87. The molecule has 0 bridgehead atoms. The number of hydrogen-bond acceptors (Lipinski definition) is 2. The molecule has 0 amide bonds. The van der Waals surface area contributed by atoms with Crippen molar-refractivity contribution in [3.8, 4) is 0 Å². The standard InChI is InChI=1S/C15H20BrN3/c1-2-8-19-15(17-12-18-19)10-14(11-16)9-13-6-4-3-5-7-13/h3-7,12,14H,2,8-11H2,1H3. The van der Waals surface area contributed by atoms with Crippen LogP contribution in [0.1, 0.15) is 24.7 Å². The van der Waals surface area contributed by atoms with Crippen molar-refractivity contribution >= 4 is 15.9 Å². The smallest absolute Gasteiger partial charge is 0.138 e. The van der Waals surface area contributed by atoms with Crippen molar-refractivity contribution in [3.63, 3.8) is 0 Å². The van der Waals surface area contributed by atoms with E-state index in [1.54, 1.807) is 6.33 Å². The molecule has 0 saturated heterocycles. The van der Waals surface area contributed by atoms with Crippen LogP contribution in [0.25, 0.3) is 0 Å². The fourth-order valence-electron chi connectivity index (χ4n) is 2.23. The van der Waals surface area contributed by atoms with Gasteiger partial charge in [0.1, 0.15) is 12.2 Å². The topological polar surface area (TPSA) is 30.7 Å². The van der Waals surface area contributed by atoms with E-state index < -0.39 is 0 Å². The van der Waals surface area contributed by atoms with Crippen LogP contribution in [0.4, 0.5) is 0 Å². The number of alkyl halides is 1. The van der Waals surface area contributed by atoms with E-state index in [-0.39, 0.29) is 0 Å². The first-order chi connectivity index (χ1) is 9.33. The molecular formula is C15H20BrN3. The fraction of sp³-hybridized carbons (Fsp3) is 0.467. The maximum absolute atomic E-state index is 4.40. The van der Waals surface area contributed by atoms with E-state index in [4.69, 9.17) is 0 Å². The third kappa shape index (κ3) is 4.16. The van der Waals surface area contributed by atoms with Gasteiger partial charge in [-0.25, -0.2) is 4.98 Å². The summed E-state index contributed by atoms with van der Waals surface area (Å²) in [6, 6.07) is 10.6. The van der Waals surface area contributed by atoms with Crippen LogP contribution in [-0.4, -0.2) is 20.1 Å². The van der Waals surface area contributed by atoms with E-state index in [0.717, 1.165) is 37.0 Å². The molecule has 1 unspecified atom stereocenters. The molecule has 102 valence electrons. The highest BCUT2D eigenvalue weighted by molar-refractivity contribution is 9.09. The van der Waals surface area contributed by atoms with Crippen LogP contribution in [0.2, 0.25) is 0 Å². The lowest BCUT2D eigenvalue weighted by molar-refractivity contribution is 0.511. The summed E-state index contributed by atoms with van der Waals surface area (Å²) >= 11 is 3.63. The second-order valence-corrected chi connectivity index (χ2v) is 5.46. The summed E-state index contributed by atoms with van der Waals surface area (Å²) in [7, 11) is 0. The fourth-order valence-corrected chi connectivity index (χ4v) is 2.69. The lowest BCUT2D eigenvalue weighted by atomic mass is 9.98. The van der Waals surface area contributed by atoms with Crippen molar-refractivity contribution in [3.05, 3.63) is 48.0 Å². The Morgan fingerprint density at radius 1 is 1.21 bits per heavy atom. The highest BCUT2D eigenvalue weighted by atomic mass is 79.9. The van der Waals surface area contributed by atoms with Crippen LogP contribution in [0.15, 0.2) is 36.7 Å². The summed E-state index contributed by atoms with van der Waals surface area (Å²) in [5, 5.41) is 5.28. The number of nitrogens with zero attached hydrogens (tertiary/aromatic N) is 3. The predicted molar refractivity (Wildman–Crippen MR) is 81.4 cm³/mol. The molecule has 0 aliphatic carbocycles. The van der Waals surface area contributed by atoms with Gasteiger partial charge in [0.2, 0.25) is 0 Å². The van der Waals surface area contributed by atoms with Crippen molar-refractivity contribution in [2.45, 2.75) is 32.7 Å². The van der Waals surface area contributed by atoms with Gasteiger partial charge in [0.15, 0.2) is 0 Å². The van der Waals surface area contributed by atoms with Crippen molar-refractivity contribution in [2.24, 2.45) is 5.92 Å². The molecule has 0 radical (unpaired) electrons. The lowest BCUT2D eigenvalue weighted by Gasteiger charge is -2.14.